The molecule has 40 N–H and O–H groups in total. The Bertz CT molecular complexity index is 3850. The van der Waals surface area contributed by atoms with Gasteiger partial charge < -0.3 is 203 Å². The third-order valence-corrected chi connectivity index (χ3v) is 15.5. The van der Waals surface area contributed by atoms with Gasteiger partial charge in [-0.05, 0) is 74.5 Å². The van der Waals surface area contributed by atoms with E-state index in [-0.39, 0.29) is 221 Å². The first-order valence-electron chi connectivity index (χ1n) is 33.5. The van der Waals surface area contributed by atoms with E-state index < -0.39 is 158 Å². The average Bonchev–Trinajstić information content (AvgIpc) is 1.42. The summed E-state index contributed by atoms with van der Waals surface area (Å²) in [5.74, 6) is -18.3. The fourth-order valence-corrected chi connectivity index (χ4v) is 10.9. The van der Waals surface area contributed by atoms with E-state index in [1.165, 1.54) is 60.7 Å². The average molecular weight is 1880 g/mol. The van der Waals surface area contributed by atoms with Crippen molar-refractivity contribution in [3.8, 4) is 57.5 Å². The topological polar surface area (TPSA) is 876 Å². The quantitative estimate of drug-likeness (QED) is 0.0140. The predicted octanol–water partition coefficient (Wildman–Crippen LogP) is 0.311. The number of carboxylic acids is 10. The number of hydrogen-bond acceptors (Lipinski definition) is 34. The molecule has 10 aliphatic carbocycles. The first-order chi connectivity index (χ1) is 52.9. The van der Waals surface area contributed by atoms with E-state index in [4.69, 9.17) is 56.8 Å². The first-order valence-corrected chi connectivity index (χ1v) is 33.5. The molecule has 0 saturated heterocycles. The molecule has 0 atom stereocenters. The lowest BCUT2D eigenvalue weighted by molar-refractivity contribution is -0.708. The van der Waals surface area contributed by atoms with Crippen LogP contribution in [0.15, 0.2) is 110 Å². The third-order valence-electron chi connectivity index (χ3n) is 15.5. The molecule has 7 aromatic rings. The van der Waals surface area contributed by atoms with E-state index in [9.17, 15) is 109 Å². The van der Waals surface area contributed by atoms with Crippen LogP contribution in [0.1, 0.15) is 103 Å². The number of halogens is 2. The summed E-state index contributed by atoms with van der Waals surface area (Å²) in [7, 11) is 0. The van der Waals surface area contributed by atoms with E-state index in [0.29, 0.717) is 24.3 Å². The van der Waals surface area contributed by atoms with Crippen LogP contribution >= 0.6 is 0 Å². The molecule has 684 valence electrons. The van der Waals surface area contributed by atoms with Gasteiger partial charge in [0.15, 0.2) is 90.9 Å². The summed E-state index contributed by atoms with van der Waals surface area (Å²) < 4.78 is 71.6. The lowest BCUT2D eigenvalue weighted by Crippen LogP contribution is -3.00. The van der Waals surface area contributed by atoms with Crippen LogP contribution in [0, 0.1) is 0 Å². The molecule has 0 unspecified atom stereocenters. The highest BCUT2D eigenvalue weighted by atomic mass is 79.9. The summed E-state index contributed by atoms with van der Waals surface area (Å²) in [5.41, 5.74) is 0.814. The second-order valence-corrected chi connectivity index (χ2v) is 23.8. The van der Waals surface area contributed by atoms with Crippen LogP contribution in [0.3, 0.4) is 0 Å². The molecule has 46 nitrogen and oxygen atoms in total. The zero-order valence-corrected chi connectivity index (χ0v) is 70.4. The van der Waals surface area contributed by atoms with Gasteiger partial charge in [-0.3, -0.25) is 0 Å². The molecule has 0 amide bonds. The Hall–Kier alpha value is -13.4. The maximum atomic E-state index is 12.1. The van der Waals surface area contributed by atoms with Gasteiger partial charge in [0.25, 0.3) is 0 Å². The minimum atomic E-state index is -1.50. The summed E-state index contributed by atoms with van der Waals surface area (Å²) in [6.45, 7) is -4.20. The van der Waals surface area contributed by atoms with E-state index in [0.717, 1.165) is 25.9 Å². The summed E-state index contributed by atoms with van der Waals surface area (Å²) in [6.07, 6.45) is 7.23. The molecular weight excluding hydrogens is 1770 g/mol. The van der Waals surface area contributed by atoms with Gasteiger partial charge >= 0.3 is 71.6 Å². The standard InChI is InChI=1S/C55H50O30.C20H26N2O4.2BrH.10H3N/c56-46(57)16-76-36-8-28-2-30-10-42(82-22-52(68)69)32(12-40(30)80-20-50(64)65)4-34-14-45(85-25-55(74)75)35(15-44(34)84-24-54(72)73)5-33-13-41(81-21-51(66)67)31(11-43(33)83-23-53(70)71)3-29-9-37(77-17-47(58)59)27(7-39(29)79-19-49(62)63)1-26(36)6-38(28)78-18-48(60)61;1-3-25-19(23)17-7-13-21(14-8-17)11-5-6-12-22-15-9-18(10-16-22)20(24)26-4-2;;;;;;;;;;;;/h6-15H,1-5,16-25H2,(H,56,57)(H,58,59)(H,60,61)(H,62,63)(H,64,65)(H,66,67)(H,68,69)(H,70,71)(H,72,73)(H,74,75);7-10,13-16H,3-6,11-12H2,1-2H3;2*1H;10*1H3/q;+2;;;;;;;;;;;;/p-2. The Morgan fingerprint density at radius 1 is 0.252 bits per heavy atom. The summed E-state index contributed by atoms with van der Waals surface area (Å²) in [4.78, 5) is 144. The van der Waals surface area contributed by atoms with Crippen LogP contribution in [-0.2, 0) is 103 Å². The zero-order valence-electron chi connectivity index (χ0n) is 67.2. The normalized spacial score (nSPS) is 10.2. The highest BCUT2D eigenvalue weighted by molar-refractivity contribution is 5.89. The molecule has 17 rings (SSSR count). The summed E-state index contributed by atoms with van der Waals surface area (Å²) in [5, 5.41) is 98.0. The summed E-state index contributed by atoms with van der Waals surface area (Å²) >= 11 is 0. The van der Waals surface area contributed by atoms with Crippen molar-refractivity contribution < 1.29 is 209 Å². The number of rotatable bonds is 39. The Kier molecular flexibility index (Phi) is 58.1. The van der Waals surface area contributed by atoms with Crippen molar-refractivity contribution >= 4 is 71.6 Å². The van der Waals surface area contributed by atoms with Gasteiger partial charge in [0, 0.05) is 125 Å². The lowest BCUT2D eigenvalue weighted by atomic mass is 9.94. The monoisotopic (exact) mass is 1880 g/mol. The van der Waals surface area contributed by atoms with Crippen LogP contribution in [0.25, 0.3) is 0 Å². The molecule has 0 aliphatic heterocycles. The molecule has 0 spiro atoms. The Morgan fingerprint density at radius 3 is 0.496 bits per heavy atom. The maximum Gasteiger partial charge on any atom is 0.341 e. The lowest BCUT2D eigenvalue weighted by Gasteiger charge is -2.21. The molecule has 0 fully saturated rings. The summed E-state index contributed by atoms with van der Waals surface area (Å²) in [6, 6.07) is 19.2. The van der Waals surface area contributed by atoms with Crippen LogP contribution < -0.4 is 152 Å². The smallest absolute Gasteiger partial charge is 0.341 e. The van der Waals surface area contributed by atoms with Crippen molar-refractivity contribution in [2.45, 2.75) is 71.9 Å². The molecule has 123 heavy (non-hydrogen) atoms. The number of ether oxygens (including phenoxy) is 12. The number of pyridine rings is 2. The van der Waals surface area contributed by atoms with Gasteiger partial charge in [0.2, 0.25) is 0 Å². The van der Waals surface area contributed by atoms with Crippen molar-refractivity contribution in [1.82, 2.24) is 61.5 Å². The second kappa shape index (κ2) is 59.3. The highest BCUT2D eigenvalue weighted by Gasteiger charge is 2.28. The fraction of sp³-hybridized carbons (Fsp3) is 0.307. The van der Waals surface area contributed by atoms with Gasteiger partial charge in [-0.1, -0.05) is 0 Å². The number of unbranched alkanes of at least 4 members (excludes halogenated alkanes) is 1. The number of aliphatic carboxylic acids is 10. The molecule has 10 bridgehead atoms. The molecular formula is C75H106Br2N12O34. The van der Waals surface area contributed by atoms with Gasteiger partial charge in [0.1, 0.15) is 70.6 Å². The SMILES string of the molecule is CCOC(=O)c1cc[n+](CCCC[n+]2ccc(C(=O)OCC)cc2)cc1.N.N.N.N.N.N.N.N.N.N.O=C(O)COc1cc2c(OCC(=O)O)cc1Cc1cc(OCC(=O)O)c(cc1OCC(=O)O)Cc1cc(OCC(=O)O)c(cc1OCC(=O)O)Cc1cc(OCC(=O)O)c(cc1OCC(=O)O)Cc1cc(OCC(=O)O)c(cc1OCC(=O)O)C2.[Br-].[Br-]. The number of carbonyl (C=O) groups excluding carboxylic acids is 2. The van der Waals surface area contributed by atoms with E-state index >= 15 is 0 Å². The molecule has 2 aromatic heterocycles. The molecule has 2 heterocycles. The van der Waals surface area contributed by atoms with Crippen molar-refractivity contribution in [1.29, 1.82) is 0 Å². The maximum absolute atomic E-state index is 12.1. The molecule has 0 radical (unpaired) electrons. The third kappa shape index (κ3) is 39.1. The molecule has 5 aromatic carbocycles. The second-order valence-electron chi connectivity index (χ2n) is 23.8. The highest BCUT2D eigenvalue weighted by Crippen LogP contribution is 2.43. The Labute approximate surface area is 723 Å². The number of aryl methyl sites for hydroxylation is 2. The van der Waals surface area contributed by atoms with Crippen LogP contribution in [-0.4, -0.2) is 202 Å². The number of nitrogens with zero attached hydrogens (tertiary/aromatic N) is 2. The van der Waals surface area contributed by atoms with Gasteiger partial charge in [-0.15, -0.1) is 0 Å². The zero-order chi connectivity index (χ0) is 80.8. The Morgan fingerprint density at radius 2 is 0.382 bits per heavy atom. The van der Waals surface area contributed by atoms with Crippen LogP contribution in [0.4, 0.5) is 0 Å². The number of hydrogen-bond donors (Lipinski definition) is 20. The van der Waals surface area contributed by atoms with Crippen LogP contribution in [0.2, 0.25) is 0 Å². The van der Waals surface area contributed by atoms with Crippen molar-refractivity contribution in [3.05, 3.63) is 176 Å². The molecule has 10 aliphatic rings. The first kappa shape index (κ1) is 120. The van der Waals surface area contributed by atoms with Gasteiger partial charge in [0.05, 0.1) is 24.3 Å². The number of benzene rings is 5. The predicted molar refractivity (Wildman–Crippen MR) is 422 cm³/mol. The van der Waals surface area contributed by atoms with Crippen molar-refractivity contribution in [2.75, 3.05) is 79.3 Å². The Balaban J connectivity index is -0.000000774. The molecule has 48 heteroatoms. The minimum Gasteiger partial charge on any atom is -1.00 e. The number of carbonyl (C=O) groups is 12. The largest absolute Gasteiger partial charge is 1.00 e. The fourth-order valence-electron chi connectivity index (χ4n) is 10.9. The molecule has 0 saturated carbocycles. The van der Waals surface area contributed by atoms with E-state index in [1.54, 1.807) is 38.1 Å². The van der Waals surface area contributed by atoms with E-state index in [2.05, 4.69) is 9.13 Å². The van der Waals surface area contributed by atoms with Crippen molar-refractivity contribution in [2.24, 2.45) is 0 Å². The number of esters is 2. The number of aromatic nitrogens is 2. The minimum absolute atomic E-state index is 0. The van der Waals surface area contributed by atoms with Crippen molar-refractivity contribution in [3.63, 3.8) is 0 Å². The number of carboxylic acid groups (broad SMARTS) is 10. The van der Waals surface area contributed by atoms with Crippen LogP contribution in [0.5, 0.6) is 57.5 Å². The van der Waals surface area contributed by atoms with E-state index in [1.807, 2.05) is 24.8 Å². The van der Waals surface area contributed by atoms with Gasteiger partial charge in [-0.2, -0.15) is 0 Å². The van der Waals surface area contributed by atoms with Gasteiger partial charge in [-0.25, -0.2) is 66.7 Å².